The van der Waals surface area contributed by atoms with E-state index in [0.29, 0.717) is 0 Å². The van der Waals surface area contributed by atoms with Crippen LogP contribution in [0.2, 0.25) is 0 Å². The molecule has 76 valence electrons. The largest absolute Gasteiger partial charge is 0.327 e. The Morgan fingerprint density at radius 2 is 2.36 bits per heavy atom. The molecule has 0 bridgehead atoms. The summed E-state index contributed by atoms with van der Waals surface area (Å²) in [4.78, 5) is 4.07. The molecular formula is C11H15BrN2. The summed E-state index contributed by atoms with van der Waals surface area (Å²) in [5.41, 5.74) is 6.89. The van der Waals surface area contributed by atoms with E-state index in [1.165, 1.54) is 0 Å². The van der Waals surface area contributed by atoms with Crippen molar-refractivity contribution in [2.75, 3.05) is 0 Å². The van der Waals surface area contributed by atoms with Gasteiger partial charge in [-0.25, -0.2) is 0 Å². The zero-order chi connectivity index (χ0) is 10.4. The summed E-state index contributed by atoms with van der Waals surface area (Å²) in [7, 11) is 0. The maximum atomic E-state index is 5.79. The fourth-order valence-corrected chi connectivity index (χ4v) is 1.45. The second-order valence-corrected chi connectivity index (χ2v) is 4.16. The monoisotopic (exact) mass is 254 g/mol. The van der Waals surface area contributed by atoms with Crippen molar-refractivity contribution in [2.24, 2.45) is 5.73 Å². The highest BCUT2D eigenvalue weighted by atomic mass is 79.9. The van der Waals surface area contributed by atoms with Crippen LogP contribution in [0.3, 0.4) is 0 Å². The Bertz CT molecular complexity index is 310. The van der Waals surface area contributed by atoms with Gasteiger partial charge in [-0.05, 0) is 40.4 Å². The first kappa shape index (κ1) is 11.4. The minimum absolute atomic E-state index is 0.270. The lowest BCUT2D eigenvalue weighted by Gasteiger charge is -2.02. The van der Waals surface area contributed by atoms with E-state index in [2.05, 4.69) is 33.9 Å². The van der Waals surface area contributed by atoms with Gasteiger partial charge in [-0.15, -0.1) is 0 Å². The normalized spacial score (nSPS) is 13.4. The number of halogens is 1. The Morgan fingerprint density at radius 1 is 1.57 bits per heavy atom. The predicted octanol–water partition coefficient (Wildman–Crippen LogP) is 2.98. The summed E-state index contributed by atoms with van der Waals surface area (Å²) >= 11 is 3.38. The van der Waals surface area contributed by atoms with Crippen molar-refractivity contribution in [3.63, 3.8) is 0 Å². The molecule has 0 aliphatic heterocycles. The first-order valence-corrected chi connectivity index (χ1v) is 5.54. The van der Waals surface area contributed by atoms with Gasteiger partial charge < -0.3 is 5.73 Å². The lowest BCUT2D eigenvalue weighted by atomic mass is 10.1. The van der Waals surface area contributed by atoms with Gasteiger partial charge in [0.25, 0.3) is 0 Å². The summed E-state index contributed by atoms with van der Waals surface area (Å²) in [6.45, 7) is 2.10. The summed E-state index contributed by atoms with van der Waals surface area (Å²) in [5.74, 6) is 0. The topological polar surface area (TPSA) is 38.9 Å². The van der Waals surface area contributed by atoms with Crippen LogP contribution in [0.15, 0.2) is 29.0 Å². The average molecular weight is 255 g/mol. The van der Waals surface area contributed by atoms with E-state index in [9.17, 15) is 0 Å². The molecule has 0 aliphatic carbocycles. The molecule has 1 atom stereocenters. The van der Waals surface area contributed by atoms with E-state index >= 15 is 0 Å². The molecule has 0 radical (unpaired) electrons. The Labute approximate surface area is 93.4 Å². The number of hydrogen-bond donors (Lipinski definition) is 1. The van der Waals surface area contributed by atoms with Crippen molar-refractivity contribution in [3.8, 4) is 0 Å². The zero-order valence-electron chi connectivity index (χ0n) is 8.28. The summed E-state index contributed by atoms with van der Waals surface area (Å²) in [6, 6.07) is 2.30. The Hall–Kier alpha value is -0.670. The third-order valence-corrected chi connectivity index (χ3v) is 2.43. The number of pyridine rings is 1. The predicted molar refractivity (Wildman–Crippen MR) is 63.9 cm³/mol. The van der Waals surface area contributed by atoms with E-state index in [0.717, 1.165) is 22.9 Å². The van der Waals surface area contributed by atoms with E-state index in [4.69, 9.17) is 5.73 Å². The molecule has 0 amide bonds. The third kappa shape index (κ3) is 4.03. The van der Waals surface area contributed by atoms with E-state index in [1.807, 2.05) is 18.3 Å². The highest BCUT2D eigenvalue weighted by molar-refractivity contribution is 9.10. The molecule has 1 heterocycles. The number of rotatable bonds is 4. The van der Waals surface area contributed by atoms with Crippen LogP contribution in [0.25, 0.3) is 6.08 Å². The molecule has 1 aromatic heterocycles. The molecule has 14 heavy (non-hydrogen) atoms. The molecule has 3 heteroatoms. The Kier molecular flexibility index (Phi) is 4.84. The smallest absolute Gasteiger partial charge is 0.0410 e. The third-order valence-electron chi connectivity index (χ3n) is 2.00. The minimum Gasteiger partial charge on any atom is -0.327 e. The number of hydrogen-bond acceptors (Lipinski definition) is 2. The van der Waals surface area contributed by atoms with E-state index < -0.39 is 0 Å². The first-order chi connectivity index (χ1) is 6.72. The fraction of sp³-hybridized carbons (Fsp3) is 0.364. The lowest BCUT2D eigenvalue weighted by molar-refractivity contribution is 0.660. The quantitative estimate of drug-likeness (QED) is 0.898. The highest BCUT2D eigenvalue weighted by Crippen LogP contribution is 2.11. The van der Waals surface area contributed by atoms with Crippen LogP contribution >= 0.6 is 15.9 Å². The number of nitrogens with two attached hydrogens (primary N) is 1. The van der Waals surface area contributed by atoms with Gasteiger partial charge in [-0.1, -0.05) is 19.1 Å². The molecule has 1 aromatic rings. The van der Waals surface area contributed by atoms with Gasteiger partial charge in [-0.3, -0.25) is 4.98 Å². The van der Waals surface area contributed by atoms with Crippen LogP contribution in [0.1, 0.15) is 25.3 Å². The van der Waals surface area contributed by atoms with Crippen molar-refractivity contribution in [1.82, 2.24) is 4.98 Å². The van der Waals surface area contributed by atoms with E-state index in [1.54, 1.807) is 6.20 Å². The molecule has 0 aliphatic rings. The SMILES string of the molecule is CCC(N)CC=Cc1cncc(Br)c1. The molecule has 1 rings (SSSR count). The van der Waals surface area contributed by atoms with Crippen LogP contribution in [-0.4, -0.2) is 11.0 Å². The zero-order valence-corrected chi connectivity index (χ0v) is 9.87. The number of nitrogens with zero attached hydrogens (tertiary/aromatic N) is 1. The average Bonchev–Trinajstić information content (AvgIpc) is 2.17. The van der Waals surface area contributed by atoms with Crippen molar-refractivity contribution < 1.29 is 0 Å². The van der Waals surface area contributed by atoms with Crippen molar-refractivity contribution in [2.45, 2.75) is 25.8 Å². The van der Waals surface area contributed by atoms with E-state index in [-0.39, 0.29) is 6.04 Å². The number of aromatic nitrogens is 1. The van der Waals surface area contributed by atoms with Crippen LogP contribution < -0.4 is 5.73 Å². The molecule has 0 saturated carbocycles. The molecule has 2 nitrogen and oxygen atoms in total. The van der Waals surface area contributed by atoms with Gasteiger partial charge in [0.15, 0.2) is 0 Å². The van der Waals surface area contributed by atoms with Gasteiger partial charge in [0, 0.05) is 22.9 Å². The van der Waals surface area contributed by atoms with Crippen LogP contribution in [0.5, 0.6) is 0 Å². The molecule has 0 spiro atoms. The Morgan fingerprint density at radius 3 is 3.00 bits per heavy atom. The molecule has 0 saturated heterocycles. The van der Waals surface area contributed by atoms with Gasteiger partial charge >= 0.3 is 0 Å². The van der Waals surface area contributed by atoms with Crippen LogP contribution in [-0.2, 0) is 0 Å². The van der Waals surface area contributed by atoms with Crippen molar-refractivity contribution in [3.05, 3.63) is 34.6 Å². The highest BCUT2D eigenvalue weighted by Gasteiger charge is 1.94. The summed E-state index contributed by atoms with van der Waals surface area (Å²) < 4.78 is 0.999. The van der Waals surface area contributed by atoms with Crippen LogP contribution in [0, 0.1) is 0 Å². The minimum atomic E-state index is 0.270. The summed E-state index contributed by atoms with van der Waals surface area (Å²) in [5, 5.41) is 0. The van der Waals surface area contributed by atoms with Gasteiger partial charge in [-0.2, -0.15) is 0 Å². The van der Waals surface area contributed by atoms with Crippen molar-refractivity contribution in [1.29, 1.82) is 0 Å². The first-order valence-electron chi connectivity index (χ1n) is 4.75. The Balaban J connectivity index is 2.51. The fourth-order valence-electron chi connectivity index (χ4n) is 1.07. The molecule has 0 fully saturated rings. The molecule has 1 unspecified atom stereocenters. The summed E-state index contributed by atoms with van der Waals surface area (Å²) in [6.07, 6.45) is 9.68. The lowest BCUT2D eigenvalue weighted by Crippen LogP contribution is -2.16. The maximum Gasteiger partial charge on any atom is 0.0410 e. The van der Waals surface area contributed by atoms with Crippen LogP contribution in [0.4, 0.5) is 0 Å². The van der Waals surface area contributed by atoms with Crippen molar-refractivity contribution >= 4 is 22.0 Å². The van der Waals surface area contributed by atoms with Gasteiger partial charge in [0.2, 0.25) is 0 Å². The standard InChI is InChI=1S/C11H15BrN2/c1-2-11(13)5-3-4-9-6-10(12)8-14-7-9/h3-4,6-8,11H,2,5,13H2,1H3. The second kappa shape index (κ2) is 5.94. The molecular weight excluding hydrogens is 240 g/mol. The van der Waals surface area contributed by atoms with Gasteiger partial charge in [0.1, 0.15) is 0 Å². The molecule has 2 N–H and O–H groups in total. The second-order valence-electron chi connectivity index (χ2n) is 3.24. The van der Waals surface area contributed by atoms with Gasteiger partial charge in [0.05, 0.1) is 0 Å². The maximum absolute atomic E-state index is 5.79. The molecule has 0 aromatic carbocycles.